The van der Waals surface area contributed by atoms with Crippen LogP contribution in [0.1, 0.15) is 39.0 Å². The lowest BCUT2D eigenvalue weighted by atomic mass is 9.97. The summed E-state index contributed by atoms with van der Waals surface area (Å²) in [4.78, 5) is 11.0. The molecule has 0 spiro atoms. The van der Waals surface area contributed by atoms with Crippen molar-refractivity contribution >= 4 is 16.2 Å². The predicted octanol–water partition coefficient (Wildman–Crippen LogP) is 1.05. The maximum absolute atomic E-state index is 11.9. The number of carboxylic acids is 1. The van der Waals surface area contributed by atoms with Gasteiger partial charge in [0.15, 0.2) is 0 Å². The molecule has 7 heteroatoms. The van der Waals surface area contributed by atoms with Gasteiger partial charge in [0.2, 0.25) is 0 Å². The van der Waals surface area contributed by atoms with Gasteiger partial charge in [-0.05, 0) is 25.2 Å². The predicted molar refractivity (Wildman–Crippen MR) is 72.9 cm³/mol. The maximum atomic E-state index is 11.9. The average molecular weight is 292 g/mol. The topological polar surface area (TPSA) is 86.7 Å². The first-order valence-corrected chi connectivity index (χ1v) is 8.26. The van der Waals surface area contributed by atoms with E-state index in [4.69, 9.17) is 5.11 Å². The van der Waals surface area contributed by atoms with Gasteiger partial charge in [0, 0.05) is 20.1 Å². The van der Waals surface area contributed by atoms with Crippen molar-refractivity contribution in [3.8, 4) is 0 Å². The van der Waals surface area contributed by atoms with Gasteiger partial charge >= 0.3 is 5.97 Å². The van der Waals surface area contributed by atoms with Crippen molar-refractivity contribution in [3.63, 3.8) is 0 Å². The highest BCUT2D eigenvalue weighted by Crippen LogP contribution is 2.31. The van der Waals surface area contributed by atoms with E-state index in [0.717, 1.165) is 25.7 Å². The van der Waals surface area contributed by atoms with Gasteiger partial charge in [0.25, 0.3) is 10.2 Å². The minimum Gasteiger partial charge on any atom is -0.481 e. The minimum atomic E-state index is -3.48. The molecule has 0 aromatic heterocycles. The van der Waals surface area contributed by atoms with Crippen molar-refractivity contribution in [1.82, 2.24) is 9.03 Å². The summed E-state index contributed by atoms with van der Waals surface area (Å²) in [6.07, 6.45) is 4.03. The Morgan fingerprint density at radius 3 is 2.68 bits per heavy atom. The molecule has 1 rings (SSSR count). The summed E-state index contributed by atoms with van der Waals surface area (Å²) in [7, 11) is -1.94. The summed E-state index contributed by atoms with van der Waals surface area (Å²) in [5.41, 5.74) is 0. The molecule has 1 aliphatic carbocycles. The van der Waals surface area contributed by atoms with Crippen molar-refractivity contribution in [2.45, 2.75) is 39.0 Å². The van der Waals surface area contributed by atoms with Crippen LogP contribution in [0.25, 0.3) is 0 Å². The molecule has 0 aromatic rings. The van der Waals surface area contributed by atoms with Gasteiger partial charge in [0.1, 0.15) is 0 Å². The molecule has 112 valence electrons. The molecule has 0 amide bonds. The highest BCUT2D eigenvalue weighted by molar-refractivity contribution is 7.87. The monoisotopic (exact) mass is 292 g/mol. The van der Waals surface area contributed by atoms with Crippen LogP contribution in [0.4, 0.5) is 0 Å². The minimum absolute atomic E-state index is 0.0909. The number of carboxylic acid groups (broad SMARTS) is 1. The molecule has 0 aliphatic heterocycles. The fraction of sp³-hybridized carbons (Fsp3) is 0.917. The summed E-state index contributed by atoms with van der Waals surface area (Å²) >= 11 is 0. The van der Waals surface area contributed by atoms with Gasteiger partial charge in [-0.15, -0.1) is 0 Å². The van der Waals surface area contributed by atoms with Crippen LogP contribution in [-0.2, 0) is 15.0 Å². The molecule has 19 heavy (non-hydrogen) atoms. The number of rotatable bonds is 8. The van der Waals surface area contributed by atoms with Gasteiger partial charge in [0.05, 0.1) is 5.92 Å². The third-order valence-electron chi connectivity index (χ3n) is 3.74. The number of hydrogen-bond donors (Lipinski definition) is 2. The van der Waals surface area contributed by atoms with Crippen molar-refractivity contribution in [2.75, 3.05) is 20.1 Å². The fourth-order valence-electron chi connectivity index (χ4n) is 2.43. The van der Waals surface area contributed by atoms with E-state index in [2.05, 4.69) is 4.72 Å². The van der Waals surface area contributed by atoms with E-state index in [1.165, 1.54) is 4.31 Å². The maximum Gasteiger partial charge on any atom is 0.306 e. The Labute approximate surface area is 115 Å². The molecule has 1 saturated carbocycles. The third kappa shape index (κ3) is 4.74. The van der Waals surface area contributed by atoms with Crippen LogP contribution in [-0.4, -0.2) is 43.9 Å². The number of nitrogens with one attached hydrogen (secondary N) is 1. The lowest BCUT2D eigenvalue weighted by molar-refractivity contribution is -0.142. The summed E-state index contributed by atoms with van der Waals surface area (Å²) in [6, 6.07) is 0. The normalized spacial score (nSPS) is 23.9. The number of nitrogens with zero attached hydrogens (tertiary/aromatic N) is 1. The third-order valence-corrected chi connectivity index (χ3v) is 5.28. The van der Waals surface area contributed by atoms with E-state index in [0.29, 0.717) is 13.0 Å². The van der Waals surface area contributed by atoms with Gasteiger partial charge in [-0.25, -0.2) is 4.72 Å². The van der Waals surface area contributed by atoms with Crippen LogP contribution < -0.4 is 4.72 Å². The lowest BCUT2D eigenvalue weighted by Gasteiger charge is -2.20. The molecule has 1 aliphatic rings. The van der Waals surface area contributed by atoms with Crippen molar-refractivity contribution in [1.29, 1.82) is 0 Å². The fourth-order valence-corrected chi connectivity index (χ4v) is 3.44. The van der Waals surface area contributed by atoms with Crippen LogP contribution >= 0.6 is 0 Å². The smallest absolute Gasteiger partial charge is 0.306 e. The van der Waals surface area contributed by atoms with Crippen LogP contribution in [0, 0.1) is 11.8 Å². The van der Waals surface area contributed by atoms with Gasteiger partial charge in [-0.1, -0.05) is 19.8 Å². The molecule has 0 radical (unpaired) electrons. The first-order chi connectivity index (χ1) is 8.88. The SMILES string of the molecule is CCCCN(C)S(=O)(=O)NCC1CCCC1C(=O)O. The van der Waals surface area contributed by atoms with E-state index in [1.807, 2.05) is 6.92 Å². The Hall–Kier alpha value is -0.660. The quantitative estimate of drug-likeness (QED) is 0.700. The second-order valence-electron chi connectivity index (χ2n) is 5.16. The van der Waals surface area contributed by atoms with E-state index in [1.54, 1.807) is 7.05 Å². The standard InChI is InChI=1S/C12H24N2O4S/c1-3-4-8-14(2)19(17,18)13-9-10-6-5-7-11(10)12(15)16/h10-11,13H,3-9H2,1-2H3,(H,15,16). The second-order valence-corrected chi connectivity index (χ2v) is 7.03. The summed E-state index contributed by atoms with van der Waals surface area (Å²) in [5.74, 6) is -1.32. The zero-order chi connectivity index (χ0) is 14.5. The number of aliphatic carboxylic acids is 1. The molecule has 0 bridgehead atoms. The molecular formula is C12H24N2O4S. The summed E-state index contributed by atoms with van der Waals surface area (Å²) < 4.78 is 27.7. The molecule has 2 atom stereocenters. The molecule has 2 N–H and O–H groups in total. The molecule has 0 heterocycles. The molecule has 1 fully saturated rings. The zero-order valence-corrected chi connectivity index (χ0v) is 12.4. The lowest BCUT2D eigenvalue weighted by Crippen LogP contribution is -2.41. The van der Waals surface area contributed by atoms with Crippen molar-refractivity contribution in [3.05, 3.63) is 0 Å². The Kier molecular flexibility index (Phi) is 6.22. The first kappa shape index (κ1) is 16.4. The zero-order valence-electron chi connectivity index (χ0n) is 11.6. The van der Waals surface area contributed by atoms with Crippen molar-refractivity contribution in [2.24, 2.45) is 11.8 Å². The van der Waals surface area contributed by atoms with Crippen LogP contribution in [0.3, 0.4) is 0 Å². The number of hydrogen-bond acceptors (Lipinski definition) is 3. The molecule has 0 saturated heterocycles. The van der Waals surface area contributed by atoms with E-state index < -0.39 is 22.1 Å². The molecular weight excluding hydrogens is 268 g/mol. The van der Waals surface area contributed by atoms with Crippen molar-refractivity contribution < 1.29 is 18.3 Å². The Morgan fingerprint density at radius 2 is 2.11 bits per heavy atom. The van der Waals surface area contributed by atoms with E-state index in [-0.39, 0.29) is 12.5 Å². The largest absolute Gasteiger partial charge is 0.481 e. The Balaban J connectivity index is 2.48. The molecule has 6 nitrogen and oxygen atoms in total. The van der Waals surface area contributed by atoms with Gasteiger partial charge in [-0.3, -0.25) is 4.79 Å². The molecule has 2 unspecified atom stereocenters. The number of carbonyl (C=O) groups is 1. The summed E-state index contributed by atoms with van der Waals surface area (Å²) in [5, 5.41) is 9.05. The second kappa shape index (κ2) is 7.21. The van der Waals surface area contributed by atoms with Crippen LogP contribution in [0.2, 0.25) is 0 Å². The van der Waals surface area contributed by atoms with Crippen LogP contribution in [0.5, 0.6) is 0 Å². The first-order valence-electron chi connectivity index (χ1n) is 6.82. The van der Waals surface area contributed by atoms with Gasteiger partial charge in [-0.2, -0.15) is 12.7 Å². The number of unbranched alkanes of at least 4 members (excludes halogenated alkanes) is 1. The Bertz CT molecular complexity index is 397. The molecule has 0 aromatic carbocycles. The average Bonchev–Trinajstić information content (AvgIpc) is 2.82. The van der Waals surface area contributed by atoms with E-state index >= 15 is 0 Å². The highest BCUT2D eigenvalue weighted by Gasteiger charge is 2.33. The van der Waals surface area contributed by atoms with E-state index in [9.17, 15) is 13.2 Å². The summed E-state index contributed by atoms with van der Waals surface area (Å²) in [6.45, 7) is 2.71. The Morgan fingerprint density at radius 1 is 1.42 bits per heavy atom. The highest BCUT2D eigenvalue weighted by atomic mass is 32.2. The van der Waals surface area contributed by atoms with Crippen LogP contribution in [0.15, 0.2) is 0 Å². The van der Waals surface area contributed by atoms with Gasteiger partial charge < -0.3 is 5.11 Å².